The van der Waals surface area contributed by atoms with Gasteiger partial charge in [0.2, 0.25) is 0 Å². The standard InChI is InChI=1S/C14H11F2N3O2/c1-2-18-4-3-17-11(18)7-19-10-6-8(15)5-9(16)12(10)13(20)14(19)21/h3-6H,2,7H2,1H3. The maximum absolute atomic E-state index is 13.7. The van der Waals surface area contributed by atoms with Crippen molar-refractivity contribution in [2.24, 2.45) is 0 Å². The van der Waals surface area contributed by atoms with Crippen molar-refractivity contribution < 1.29 is 18.4 Å². The molecule has 1 aliphatic rings. The highest BCUT2D eigenvalue weighted by molar-refractivity contribution is 6.52. The summed E-state index contributed by atoms with van der Waals surface area (Å²) in [6.45, 7) is 2.52. The Balaban J connectivity index is 2.06. The van der Waals surface area contributed by atoms with Crippen LogP contribution in [0, 0.1) is 11.6 Å². The van der Waals surface area contributed by atoms with Gasteiger partial charge >= 0.3 is 0 Å². The summed E-state index contributed by atoms with van der Waals surface area (Å²) in [5.74, 6) is -3.16. The van der Waals surface area contributed by atoms with Gasteiger partial charge in [0.05, 0.1) is 17.8 Å². The molecule has 108 valence electrons. The van der Waals surface area contributed by atoms with Gasteiger partial charge in [0, 0.05) is 25.0 Å². The Hall–Kier alpha value is -2.57. The van der Waals surface area contributed by atoms with E-state index in [4.69, 9.17) is 0 Å². The number of aromatic nitrogens is 2. The molecule has 0 radical (unpaired) electrons. The highest BCUT2D eigenvalue weighted by atomic mass is 19.1. The van der Waals surface area contributed by atoms with Crippen LogP contribution in [0.15, 0.2) is 24.5 Å². The molecule has 1 aromatic heterocycles. The first-order valence-corrected chi connectivity index (χ1v) is 6.38. The first-order chi connectivity index (χ1) is 10.0. The van der Waals surface area contributed by atoms with Gasteiger partial charge in [-0.1, -0.05) is 0 Å². The zero-order valence-corrected chi connectivity index (χ0v) is 11.1. The molecule has 5 nitrogen and oxygen atoms in total. The molecule has 0 saturated heterocycles. The van der Waals surface area contributed by atoms with Gasteiger partial charge in [-0.3, -0.25) is 14.5 Å². The van der Waals surface area contributed by atoms with Crippen LogP contribution in [-0.4, -0.2) is 21.2 Å². The van der Waals surface area contributed by atoms with Crippen molar-refractivity contribution in [2.45, 2.75) is 20.0 Å². The van der Waals surface area contributed by atoms with Crippen molar-refractivity contribution in [1.29, 1.82) is 0 Å². The molecule has 2 aromatic rings. The lowest BCUT2D eigenvalue weighted by Gasteiger charge is -2.16. The van der Waals surface area contributed by atoms with Crippen molar-refractivity contribution in [1.82, 2.24) is 9.55 Å². The number of carbonyl (C=O) groups is 2. The molecule has 21 heavy (non-hydrogen) atoms. The summed E-state index contributed by atoms with van der Waals surface area (Å²) in [6.07, 6.45) is 3.29. The maximum atomic E-state index is 13.7. The van der Waals surface area contributed by atoms with Crippen molar-refractivity contribution in [3.05, 3.63) is 47.5 Å². The summed E-state index contributed by atoms with van der Waals surface area (Å²) in [5, 5.41) is 0. The summed E-state index contributed by atoms with van der Waals surface area (Å²) in [6, 6.07) is 1.58. The quantitative estimate of drug-likeness (QED) is 0.812. The molecule has 2 heterocycles. The molecule has 0 fully saturated rings. The minimum absolute atomic E-state index is 0.0126. The van der Waals surface area contributed by atoms with Gasteiger partial charge in [-0.05, 0) is 13.0 Å². The number of imidazole rings is 1. The van der Waals surface area contributed by atoms with Gasteiger partial charge in [0.1, 0.15) is 17.5 Å². The molecule has 1 aliphatic heterocycles. The number of aryl methyl sites for hydroxylation is 1. The number of rotatable bonds is 3. The molecule has 7 heteroatoms. The molecule has 1 amide bonds. The number of benzene rings is 1. The Bertz CT molecular complexity index is 755. The fourth-order valence-corrected chi connectivity index (χ4v) is 2.41. The van der Waals surface area contributed by atoms with E-state index in [1.165, 1.54) is 0 Å². The number of hydrogen-bond donors (Lipinski definition) is 0. The Kier molecular flexibility index (Phi) is 3.04. The monoisotopic (exact) mass is 291 g/mol. The summed E-state index contributed by atoms with van der Waals surface area (Å²) < 4.78 is 28.9. The predicted molar refractivity (Wildman–Crippen MR) is 69.8 cm³/mol. The third kappa shape index (κ3) is 2.01. The van der Waals surface area contributed by atoms with Gasteiger partial charge in [0.25, 0.3) is 11.7 Å². The van der Waals surface area contributed by atoms with Crippen molar-refractivity contribution in [3.8, 4) is 0 Å². The number of ketones is 1. The summed E-state index contributed by atoms with van der Waals surface area (Å²) >= 11 is 0. The molecule has 0 aliphatic carbocycles. The lowest BCUT2D eigenvalue weighted by atomic mass is 10.1. The fraction of sp³-hybridized carbons (Fsp3) is 0.214. The number of fused-ring (bicyclic) bond motifs is 1. The van der Waals surface area contributed by atoms with E-state index < -0.39 is 23.3 Å². The molecule has 3 rings (SSSR count). The molecule has 0 atom stereocenters. The minimum Gasteiger partial charge on any atom is -0.334 e. The van der Waals surface area contributed by atoms with Crippen LogP contribution in [0.5, 0.6) is 0 Å². The lowest BCUT2D eigenvalue weighted by Crippen LogP contribution is -2.30. The van der Waals surface area contributed by atoms with E-state index in [1.807, 2.05) is 6.92 Å². The van der Waals surface area contributed by atoms with E-state index in [1.54, 1.807) is 17.0 Å². The van der Waals surface area contributed by atoms with Crippen LogP contribution < -0.4 is 4.90 Å². The van der Waals surface area contributed by atoms with Gasteiger partial charge in [-0.25, -0.2) is 13.8 Å². The molecule has 0 unspecified atom stereocenters. The fourth-order valence-electron chi connectivity index (χ4n) is 2.41. The molecular weight excluding hydrogens is 280 g/mol. The number of anilines is 1. The molecule has 1 aromatic carbocycles. The van der Waals surface area contributed by atoms with Gasteiger partial charge in [-0.15, -0.1) is 0 Å². The molecule has 0 bridgehead atoms. The summed E-state index contributed by atoms with van der Waals surface area (Å²) in [7, 11) is 0. The topological polar surface area (TPSA) is 55.2 Å². The zero-order valence-electron chi connectivity index (χ0n) is 11.1. The van der Waals surface area contributed by atoms with Crippen molar-refractivity contribution in [3.63, 3.8) is 0 Å². The first-order valence-electron chi connectivity index (χ1n) is 6.38. The zero-order chi connectivity index (χ0) is 15.1. The molecule has 0 N–H and O–H groups in total. The van der Waals surface area contributed by atoms with Gasteiger partial charge < -0.3 is 4.57 Å². The number of carbonyl (C=O) groups excluding carboxylic acids is 2. The number of halogens is 2. The van der Waals surface area contributed by atoms with E-state index in [0.717, 1.165) is 11.0 Å². The van der Waals surface area contributed by atoms with Crippen molar-refractivity contribution >= 4 is 17.4 Å². The number of hydrogen-bond acceptors (Lipinski definition) is 3. The van der Waals surface area contributed by atoms with Crippen LogP contribution in [0.1, 0.15) is 23.1 Å². The SMILES string of the molecule is CCn1ccnc1CN1C(=O)C(=O)c2c(F)cc(F)cc21. The second-order valence-corrected chi connectivity index (χ2v) is 4.63. The maximum Gasteiger partial charge on any atom is 0.300 e. The Morgan fingerprint density at radius 1 is 1.24 bits per heavy atom. The lowest BCUT2D eigenvalue weighted by molar-refractivity contribution is -0.114. The molecule has 0 spiro atoms. The number of nitrogens with zero attached hydrogens (tertiary/aromatic N) is 3. The Labute approximate surface area is 118 Å². The Morgan fingerprint density at radius 3 is 2.71 bits per heavy atom. The third-order valence-electron chi connectivity index (χ3n) is 3.43. The summed E-state index contributed by atoms with van der Waals surface area (Å²) in [4.78, 5) is 29.0. The first kappa shape index (κ1) is 13.4. The molecule has 0 saturated carbocycles. The van der Waals surface area contributed by atoms with Gasteiger partial charge in [-0.2, -0.15) is 0 Å². The van der Waals surface area contributed by atoms with E-state index in [2.05, 4.69) is 4.98 Å². The van der Waals surface area contributed by atoms with Crippen LogP contribution in [0.25, 0.3) is 0 Å². The van der Waals surface area contributed by atoms with E-state index in [9.17, 15) is 18.4 Å². The number of Topliss-reactive ketones (excluding diaryl/α,β-unsaturated/α-hetero) is 1. The average Bonchev–Trinajstić information content (AvgIpc) is 2.97. The van der Waals surface area contributed by atoms with Crippen LogP contribution >= 0.6 is 0 Å². The predicted octanol–water partition coefficient (Wildman–Crippen LogP) is 1.91. The molecular formula is C14H11F2N3O2. The Morgan fingerprint density at radius 2 is 2.00 bits per heavy atom. The highest BCUT2D eigenvalue weighted by Crippen LogP contribution is 2.32. The van der Waals surface area contributed by atoms with Crippen LogP contribution in [0.3, 0.4) is 0 Å². The van der Waals surface area contributed by atoms with Gasteiger partial charge in [0.15, 0.2) is 0 Å². The third-order valence-corrected chi connectivity index (χ3v) is 3.43. The second-order valence-electron chi connectivity index (χ2n) is 4.63. The van der Waals surface area contributed by atoms with Crippen LogP contribution in [-0.2, 0) is 17.9 Å². The van der Waals surface area contributed by atoms with Crippen molar-refractivity contribution in [2.75, 3.05) is 4.90 Å². The van der Waals surface area contributed by atoms with E-state index >= 15 is 0 Å². The smallest absolute Gasteiger partial charge is 0.300 e. The minimum atomic E-state index is -1.02. The van der Waals surface area contributed by atoms with E-state index in [-0.39, 0.29) is 17.8 Å². The summed E-state index contributed by atoms with van der Waals surface area (Å²) in [5.41, 5.74) is -0.427. The largest absolute Gasteiger partial charge is 0.334 e. The highest BCUT2D eigenvalue weighted by Gasteiger charge is 2.39. The van der Waals surface area contributed by atoms with Crippen LogP contribution in [0.2, 0.25) is 0 Å². The number of amides is 1. The van der Waals surface area contributed by atoms with Crippen LogP contribution in [0.4, 0.5) is 14.5 Å². The van der Waals surface area contributed by atoms with E-state index in [0.29, 0.717) is 18.4 Å². The second kappa shape index (κ2) is 4.76. The normalized spacial score (nSPS) is 14.0. The average molecular weight is 291 g/mol.